The zero-order chi connectivity index (χ0) is 15.9. The Morgan fingerprint density at radius 1 is 0.957 bits per heavy atom. The molecule has 0 aromatic heterocycles. The van der Waals surface area contributed by atoms with Gasteiger partial charge in [0.2, 0.25) is 0 Å². The molecule has 0 unspecified atom stereocenters. The fourth-order valence-corrected chi connectivity index (χ4v) is 3.67. The van der Waals surface area contributed by atoms with Gasteiger partial charge in [0.25, 0.3) is 5.91 Å². The van der Waals surface area contributed by atoms with Crippen LogP contribution in [0.4, 0.5) is 5.69 Å². The van der Waals surface area contributed by atoms with Gasteiger partial charge in [-0.25, -0.2) is 0 Å². The molecule has 1 fully saturated rings. The van der Waals surface area contributed by atoms with Crippen LogP contribution in [0.15, 0.2) is 59.5 Å². The Balaban J connectivity index is 1.59. The second-order valence-corrected chi connectivity index (χ2v) is 6.81. The van der Waals surface area contributed by atoms with E-state index in [0.717, 1.165) is 10.6 Å². The number of hydrogen-bond acceptors (Lipinski definition) is 3. The van der Waals surface area contributed by atoms with Crippen molar-refractivity contribution in [1.82, 2.24) is 4.72 Å². The van der Waals surface area contributed by atoms with Gasteiger partial charge < -0.3 is 5.32 Å². The van der Waals surface area contributed by atoms with E-state index in [2.05, 4.69) is 10.0 Å². The lowest BCUT2D eigenvalue weighted by molar-refractivity contribution is 0.102. The Bertz CT molecular complexity index is 639. The minimum absolute atomic E-state index is 0.0729. The first-order chi connectivity index (χ1) is 11.3. The molecule has 2 aromatic rings. The van der Waals surface area contributed by atoms with Crippen LogP contribution in [0.5, 0.6) is 0 Å². The number of nitrogens with one attached hydrogen (secondary N) is 2. The fraction of sp³-hybridized carbons (Fsp3) is 0.316. The van der Waals surface area contributed by atoms with Gasteiger partial charge in [-0.2, -0.15) is 0 Å². The van der Waals surface area contributed by atoms with Gasteiger partial charge in [0, 0.05) is 22.2 Å². The van der Waals surface area contributed by atoms with Crippen LogP contribution in [-0.4, -0.2) is 11.9 Å². The molecule has 0 saturated heterocycles. The lowest BCUT2D eigenvalue weighted by Crippen LogP contribution is -2.25. The lowest BCUT2D eigenvalue weighted by atomic mass is 9.96. The van der Waals surface area contributed by atoms with Gasteiger partial charge in [-0.1, -0.05) is 43.5 Å². The van der Waals surface area contributed by atoms with Gasteiger partial charge in [0.15, 0.2) is 0 Å². The second kappa shape index (κ2) is 8.18. The maximum absolute atomic E-state index is 12.3. The maximum Gasteiger partial charge on any atom is 0.255 e. The van der Waals surface area contributed by atoms with E-state index in [1.165, 1.54) is 32.1 Å². The van der Waals surface area contributed by atoms with Crippen molar-refractivity contribution in [3.8, 4) is 0 Å². The van der Waals surface area contributed by atoms with Crippen molar-refractivity contribution in [3.05, 3.63) is 60.2 Å². The van der Waals surface area contributed by atoms with Crippen molar-refractivity contribution < 1.29 is 4.79 Å². The van der Waals surface area contributed by atoms with E-state index in [0.29, 0.717) is 11.6 Å². The van der Waals surface area contributed by atoms with Crippen LogP contribution in [-0.2, 0) is 0 Å². The summed E-state index contributed by atoms with van der Waals surface area (Å²) >= 11 is 1.63. The Labute approximate surface area is 142 Å². The van der Waals surface area contributed by atoms with E-state index in [9.17, 15) is 4.79 Å². The molecule has 1 amide bonds. The molecule has 1 saturated carbocycles. The third kappa shape index (κ3) is 4.85. The molecule has 3 rings (SSSR count). The summed E-state index contributed by atoms with van der Waals surface area (Å²) in [5, 5.41) is 2.92. The highest BCUT2D eigenvalue weighted by atomic mass is 32.2. The fourth-order valence-electron chi connectivity index (χ4n) is 2.80. The smallest absolute Gasteiger partial charge is 0.255 e. The second-order valence-electron chi connectivity index (χ2n) is 5.90. The van der Waals surface area contributed by atoms with E-state index in [1.54, 1.807) is 11.9 Å². The van der Waals surface area contributed by atoms with E-state index in [4.69, 9.17) is 0 Å². The minimum atomic E-state index is -0.0729. The topological polar surface area (TPSA) is 41.1 Å². The number of rotatable bonds is 5. The van der Waals surface area contributed by atoms with E-state index in [1.807, 2.05) is 54.6 Å². The van der Waals surface area contributed by atoms with Crippen LogP contribution in [0, 0.1) is 0 Å². The third-order valence-electron chi connectivity index (χ3n) is 4.08. The first-order valence-electron chi connectivity index (χ1n) is 8.20. The highest BCUT2D eigenvalue weighted by Crippen LogP contribution is 2.23. The maximum atomic E-state index is 12.3. The zero-order valence-electron chi connectivity index (χ0n) is 13.1. The summed E-state index contributed by atoms with van der Waals surface area (Å²) in [5.41, 5.74) is 1.50. The summed E-state index contributed by atoms with van der Waals surface area (Å²) in [6.07, 6.45) is 6.50. The van der Waals surface area contributed by atoms with Crippen LogP contribution in [0.25, 0.3) is 0 Å². The van der Waals surface area contributed by atoms with Crippen LogP contribution in [0.2, 0.25) is 0 Å². The molecule has 0 aliphatic heterocycles. The van der Waals surface area contributed by atoms with Crippen molar-refractivity contribution in [2.24, 2.45) is 0 Å². The molecule has 0 bridgehead atoms. The van der Waals surface area contributed by atoms with Crippen LogP contribution < -0.4 is 10.0 Å². The third-order valence-corrected chi connectivity index (χ3v) is 5.02. The quantitative estimate of drug-likeness (QED) is 0.770. The van der Waals surface area contributed by atoms with E-state index >= 15 is 0 Å². The lowest BCUT2D eigenvalue weighted by Gasteiger charge is -2.22. The highest BCUT2D eigenvalue weighted by Gasteiger charge is 2.13. The summed E-state index contributed by atoms with van der Waals surface area (Å²) in [6.45, 7) is 0. The van der Waals surface area contributed by atoms with Gasteiger partial charge in [-0.3, -0.25) is 9.52 Å². The summed E-state index contributed by atoms with van der Waals surface area (Å²) in [7, 11) is 0. The molecule has 1 aliphatic rings. The highest BCUT2D eigenvalue weighted by molar-refractivity contribution is 7.97. The number of anilines is 1. The summed E-state index contributed by atoms with van der Waals surface area (Å²) in [5.74, 6) is -0.0729. The number of benzene rings is 2. The van der Waals surface area contributed by atoms with Crippen molar-refractivity contribution in [2.75, 3.05) is 5.32 Å². The molecular weight excluding hydrogens is 304 g/mol. The van der Waals surface area contributed by atoms with E-state index < -0.39 is 0 Å². The Hall–Kier alpha value is -1.78. The predicted molar refractivity (Wildman–Crippen MR) is 96.7 cm³/mol. The van der Waals surface area contributed by atoms with Crippen LogP contribution >= 0.6 is 11.9 Å². The molecule has 23 heavy (non-hydrogen) atoms. The molecule has 3 nitrogen and oxygen atoms in total. The average Bonchev–Trinajstić information content (AvgIpc) is 2.62. The number of amides is 1. The Morgan fingerprint density at radius 3 is 2.52 bits per heavy atom. The predicted octanol–water partition coefficient (Wildman–Crippen LogP) is 4.87. The van der Waals surface area contributed by atoms with Crippen LogP contribution in [0.3, 0.4) is 0 Å². The molecule has 0 heterocycles. The van der Waals surface area contributed by atoms with Gasteiger partial charge in [-0.05, 0) is 55.1 Å². The number of hydrogen-bond donors (Lipinski definition) is 2. The summed E-state index contributed by atoms with van der Waals surface area (Å²) in [6, 6.07) is 17.9. The molecule has 2 N–H and O–H groups in total. The zero-order valence-corrected chi connectivity index (χ0v) is 13.9. The molecular formula is C19H22N2OS. The van der Waals surface area contributed by atoms with Crippen molar-refractivity contribution in [2.45, 2.75) is 43.0 Å². The van der Waals surface area contributed by atoms with Crippen molar-refractivity contribution >= 4 is 23.5 Å². The summed E-state index contributed by atoms with van der Waals surface area (Å²) in [4.78, 5) is 13.4. The van der Waals surface area contributed by atoms with Gasteiger partial charge in [-0.15, -0.1) is 0 Å². The molecule has 2 aromatic carbocycles. The minimum Gasteiger partial charge on any atom is -0.322 e. The average molecular weight is 326 g/mol. The molecule has 120 valence electrons. The number of para-hydroxylation sites is 1. The Morgan fingerprint density at radius 2 is 1.74 bits per heavy atom. The van der Waals surface area contributed by atoms with Crippen molar-refractivity contribution in [1.29, 1.82) is 0 Å². The molecule has 1 aliphatic carbocycles. The standard InChI is InChI=1S/C19H22N2OS/c22-19(20-16-9-3-1-4-10-16)15-8-7-13-18(14-15)23-21-17-11-5-2-6-12-17/h1,3-4,7-10,13-14,17,21H,2,5-6,11-12H2,(H,20,22). The molecule has 4 heteroatoms. The monoisotopic (exact) mass is 326 g/mol. The van der Waals surface area contributed by atoms with Crippen LogP contribution in [0.1, 0.15) is 42.5 Å². The van der Waals surface area contributed by atoms with E-state index in [-0.39, 0.29) is 5.91 Å². The SMILES string of the molecule is O=C(Nc1ccccc1)c1cccc(SNC2CCCCC2)c1. The van der Waals surface area contributed by atoms with Gasteiger partial charge in [0.05, 0.1) is 0 Å². The van der Waals surface area contributed by atoms with Gasteiger partial charge in [0.1, 0.15) is 0 Å². The van der Waals surface area contributed by atoms with Crippen molar-refractivity contribution in [3.63, 3.8) is 0 Å². The number of carbonyl (C=O) groups excluding carboxylic acids is 1. The van der Waals surface area contributed by atoms with Gasteiger partial charge >= 0.3 is 0 Å². The summed E-state index contributed by atoms with van der Waals surface area (Å²) < 4.78 is 3.54. The first kappa shape index (κ1) is 16.1. The molecule has 0 radical (unpaired) electrons. The normalized spacial score (nSPS) is 15.3. The molecule has 0 atom stereocenters. The number of carbonyl (C=O) groups is 1. The molecule has 0 spiro atoms. The Kier molecular flexibility index (Phi) is 5.72. The largest absolute Gasteiger partial charge is 0.322 e. The first-order valence-corrected chi connectivity index (χ1v) is 9.02.